The standard InChI is InChI=1S/C26H20N2.C19H14N2.CH4/c1-17-15-23(19-9-5-3-6-10-19)21-13-14-22-24(20-11-7-4-8-12-20)16-18(2)28-26(22)25(21)27-17;1-13-9-11-20-18-15(13)7-8-17-16(10-12-21-19(17)18)14-5-3-2-4-6-14;/h3-16H,1-2H3;2-12H,1H3;1H4. The average Bonchev–Trinajstić information content (AvgIpc) is 3.15. The number of aryl methyl sites for hydroxylation is 3. The lowest BCUT2D eigenvalue weighted by Gasteiger charge is -2.13. The Kier molecular flexibility index (Phi) is 8.85. The maximum Gasteiger partial charge on any atom is 0.0974 e. The molecule has 0 N–H and O–H groups in total. The van der Waals surface area contributed by atoms with Crippen LogP contribution in [0.2, 0.25) is 0 Å². The average molecular weight is 647 g/mol. The van der Waals surface area contributed by atoms with Gasteiger partial charge in [0.2, 0.25) is 0 Å². The van der Waals surface area contributed by atoms with Crippen LogP contribution in [0.1, 0.15) is 24.4 Å². The first kappa shape index (κ1) is 32.3. The highest BCUT2D eigenvalue weighted by atomic mass is 14.8. The van der Waals surface area contributed by atoms with Gasteiger partial charge < -0.3 is 0 Å². The van der Waals surface area contributed by atoms with Gasteiger partial charge in [-0.25, -0.2) is 0 Å². The molecule has 0 radical (unpaired) electrons. The number of pyridine rings is 4. The predicted octanol–water partition coefficient (Wildman–Crippen LogP) is 12.1. The Morgan fingerprint density at radius 2 is 0.740 bits per heavy atom. The number of rotatable bonds is 3. The summed E-state index contributed by atoms with van der Waals surface area (Å²) < 4.78 is 0. The molecule has 0 fully saturated rings. The molecule has 9 rings (SSSR count). The summed E-state index contributed by atoms with van der Waals surface area (Å²) in [6.07, 6.45) is 3.72. The number of nitrogens with zero attached hydrogens (tertiary/aromatic N) is 4. The highest BCUT2D eigenvalue weighted by Crippen LogP contribution is 2.36. The minimum atomic E-state index is 0. The first-order valence-electron chi connectivity index (χ1n) is 16.6. The molecule has 0 saturated heterocycles. The predicted molar refractivity (Wildman–Crippen MR) is 211 cm³/mol. The van der Waals surface area contributed by atoms with E-state index in [9.17, 15) is 0 Å². The molecule has 4 heteroatoms. The summed E-state index contributed by atoms with van der Waals surface area (Å²) in [7, 11) is 0. The van der Waals surface area contributed by atoms with Crippen molar-refractivity contribution in [2.24, 2.45) is 0 Å². The molecule has 0 aliphatic carbocycles. The number of hydrogen-bond donors (Lipinski definition) is 0. The number of benzene rings is 5. The molecule has 0 atom stereocenters. The molecule has 242 valence electrons. The van der Waals surface area contributed by atoms with Crippen LogP contribution in [-0.2, 0) is 0 Å². The fraction of sp³-hybridized carbons (Fsp3) is 0.0870. The van der Waals surface area contributed by atoms with Gasteiger partial charge in [-0.15, -0.1) is 0 Å². The second-order valence-corrected chi connectivity index (χ2v) is 12.4. The molecule has 4 nitrogen and oxygen atoms in total. The van der Waals surface area contributed by atoms with Crippen molar-refractivity contribution in [3.8, 4) is 33.4 Å². The van der Waals surface area contributed by atoms with E-state index >= 15 is 0 Å². The summed E-state index contributed by atoms with van der Waals surface area (Å²) in [4.78, 5) is 18.9. The molecule has 4 heterocycles. The van der Waals surface area contributed by atoms with Crippen LogP contribution < -0.4 is 0 Å². The minimum Gasteiger partial charge on any atom is -0.254 e. The third-order valence-electron chi connectivity index (χ3n) is 9.11. The Morgan fingerprint density at radius 3 is 1.22 bits per heavy atom. The van der Waals surface area contributed by atoms with E-state index in [0.29, 0.717) is 0 Å². The fourth-order valence-corrected chi connectivity index (χ4v) is 6.78. The van der Waals surface area contributed by atoms with E-state index in [4.69, 9.17) is 9.97 Å². The van der Waals surface area contributed by atoms with E-state index in [1.807, 2.05) is 36.7 Å². The van der Waals surface area contributed by atoms with E-state index in [2.05, 4.69) is 146 Å². The molecule has 0 saturated carbocycles. The van der Waals surface area contributed by atoms with E-state index < -0.39 is 0 Å². The quantitative estimate of drug-likeness (QED) is 0.179. The molecule has 50 heavy (non-hydrogen) atoms. The minimum absolute atomic E-state index is 0. The maximum absolute atomic E-state index is 4.90. The second kappa shape index (κ2) is 13.7. The van der Waals surface area contributed by atoms with Crippen LogP contribution in [0.25, 0.3) is 77.0 Å². The largest absolute Gasteiger partial charge is 0.254 e. The van der Waals surface area contributed by atoms with Crippen LogP contribution in [-0.4, -0.2) is 19.9 Å². The maximum atomic E-state index is 4.90. The molecule has 0 aliphatic rings. The van der Waals surface area contributed by atoms with Gasteiger partial charge in [-0.3, -0.25) is 19.9 Å². The lowest BCUT2D eigenvalue weighted by Crippen LogP contribution is -1.94. The summed E-state index contributed by atoms with van der Waals surface area (Å²) in [6, 6.07) is 48.5. The van der Waals surface area contributed by atoms with Gasteiger partial charge in [0, 0.05) is 45.3 Å². The van der Waals surface area contributed by atoms with Crippen LogP contribution >= 0.6 is 0 Å². The number of aromatic nitrogens is 4. The van der Waals surface area contributed by atoms with Crippen molar-refractivity contribution in [2.45, 2.75) is 28.2 Å². The van der Waals surface area contributed by atoms with Crippen molar-refractivity contribution in [1.82, 2.24) is 19.9 Å². The summed E-state index contributed by atoms with van der Waals surface area (Å²) in [5, 5.41) is 4.60. The highest BCUT2D eigenvalue weighted by molar-refractivity contribution is 6.12. The third-order valence-corrected chi connectivity index (χ3v) is 9.11. The zero-order valence-corrected chi connectivity index (χ0v) is 27.7. The number of fused-ring (bicyclic) bond motifs is 6. The van der Waals surface area contributed by atoms with Crippen molar-refractivity contribution >= 4 is 43.6 Å². The second-order valence-electron chi connectivity index (χ2n) is 12.4. The molecular formula is C46H38N4. The van der Waals surface area contributed by atoms with Gasteiger partial charge in [0.1, 0.15) is 0 Å². The van der Waals surface area contributed by atoms with Crippen molar-refractivity contribution in [1.29, 1.82) is 0 Å². The Bertz CT molecular complexity index is 2510. The summed E-state index contributed by atoms with van der Waals surface area (Å²) >= 11 is 0. The van der Waals surface area contributed by atoms with Gasteiger partial charge in [-0.05, 0) is 84.0 Å². The summed E-state index contributed by atoms with van der Waals surface area (Å²) in [6.45, 7) is 6.22. The van der Waals surface area contributed by atoms with E-state index in [0.717, 1.165) is 49.6 Å². The molecule has 0 amide bonds. The van der Waals surface area contributed by atoms with Gasteiger partial charge in [0.15, 0.2) is 0 Å². The summed E-state index contributed by atoms with van der Waals surface area (Å²) in [5.41, 5.74) is 14.3. The van der Waals surface area contributed by atoms with Crippen LogP contribution in [0, 0.1) is 20.8 Å². The smallest absolute Gasteiger partial charge is 0.0974 e. The molecule has 0 unspecified atom stereocenters. The van der Waals surface area contributed by atoms with Crippen molar-refractivity contribution in [2.75, 3.05) is 0 Å². The Balaban J connectivity index is 0.000000160. The van der Waals surface area contributed by atoms with Gasteiger partial charge in [-0.1, -0.05) is 123 Å². The van der Waals surface area contributed by atoms with Gasteiger partial charge in [0.25, 0.3) is 0 Å². The Labute approximate surface area is 293 Å². The van der Waals surface area contributed by atoms with Crippen LogP contribution in [0.5, 0.6) is 0 Å². The van der Waals surface area contributed by atoms with Gasteiger partial charge in [-0.2, -0.15) is 0 Å². The normalized spacial score (nSPS) is 10.9. The van der Waals surface area contributed by atoms with Crippen molar-refractivity contribution in [3.63, 3.8) is 0 Å². The SMILES string of the molecule is C.Cc1cc(-c2ccccc2)c2ccc3c(-c4ccccc4)cc(C)nc3c2n1.Cc1ccnc2c1ccc1c(-c3ccccc3)ccnc12. The van der Waals surface area contributed by atoms with E-state index in [1.54, 1.807) is 0 Å². The van der Waals surface area contributed by atoms with Gasteiger partial charge >= 0.3 is 0 Å². The van der Waals surface area contributed by atoms with E-state index in [-0.39, 0.29) is 7.43 Å². The lowest BCUT2D eigenvalue weighted by atomic mass is 9.95. The summed E-state index contributed by atoms with van der Waals surface area (Å²) in [5.74, 6) is 0. The molecule has 0 spiro atoms. The Hall–Kier alpha value is -6.26. The third kappa shape index (κ3) is 5.97. The zero-order chi connectivity index (χ0) is 33.3. The lowest BCUT2D eigenvalue weighted by molar-refractivity contribution is 1.23. The van der Waals surface area contributed by atoms with E-state index in [1.165, 1.54) is 44.3 Å². The Morgan fingerprint density at radius 1 is 0.360 bits per heavy atom. The van der Waals surface area contributed by atoms with Crippen molar-refractivity contribution < 1.29 is 0 Å². The molecule has 5 aromatic carbocycles. The highest BCUT2D eigenvalue weighted by Gasteiger charge is 2.14. The molecule has 0 bridgehead atoms. The van der Waals surface area contributed by atoms with Gasteiger partial charge in [0.05, 0.1) is 22.1 Å². The molecular weight excluding hydrogens is 609 g/mol. The fourth-order valence-electron chi connectivity index (χ4n) is 6.78. The number of hydrogen-bond acceptors (Lipinski definition) is 4. The van der Waals surface area contributed by atoms with Crippen LogP contribution in [0.4, 0.5) is 0 Å². The first-order chi connectivity index (χ1) is 24.0. The monoisotopic (exact) mass is 646 g/mol. The molecule has 4 aromatic heterocycles. The molecule has 0 aliphatic heterocycles. The van der Waals surface area contributed by atoms with Crippen molar-refractivity contribution in [3.05, 3.63) is 169 Å². The van der Waals surface area contributed by atoms with Crippen LogP contribution in [0.15, 0.2) is 152 Å². The van der Waals surface area contributed by atoms with Crippen LogP contribution in [0.3, 0.4) is 0 Å². The molecule has 9 aromatic rings. The first-order valence-corrected chi connectivity index (χ1v) is 16.6. The topological polar surface area (TPSA) is 51.6 Å². The zero-order valence-electron chi connectivity index (χ0n) is 27.7.